The molecule has 0 saturated heterocycles. The van der Waals surface area contributed by atoms with Crippen LogP contribution in [0.25, 0.3) is 10.8 Å². The summed E-state index contributed by atoms with van der Waals surface area (Å²) in [6.45, 7) is 5.00. The van der Waals surface area contributed by atoms with Gasteiger partial charge in [-0.25, -0.2) is 0 Å². The molecule has 0 radical (unpaired) electrons. The monoisotopic (exact) mass is 662 g/mol. The summed E-state index contributed by atoms with van der Waals surface area (Å²) in [5.41, 5.74) is 6.84. The molecule has 9 saturated carbocycles. The molecule has 9 aliphatic carbocycles. The highest BCUT2D eigenvalue weighted by Gasteiger charge is 2.70. The minimum Gasteiger partial charge on any atom is -0.0617 e. The maximum Gasteiger partial charge on any atom is -0.00905 e. The van der Waals surface area contributed by atoms with E-state index in [1.165, 1.54) is 31.1 Å². The van der Waals surface area contributed by atoms with E-state index in [4.69, 9.17) is 0 Å². The fourth-order valence-corrected chi connectivity index (χ4v) is 18.8. The molecule has 3 aromatic rings. The van der Waals surface area contributed by atoms with E-state index in [1.54, 1.807) is 86.3 Å². The Balaban J connectivity index is 1.04. The van der Waals surface area contributed by atoms with Crippen molar-refractivity contribution in [2.45, 2.75) is 116 Å². The molecule has 18 atom stereocenters. The zero-order valence-corrected chi connectivity index (χ0v) is 31.1. The van der Waals surface area contributed by atoms with Gasteiger partial charge in [0.15, 0.2) is 0 Å². The quantitative estimate of drug-likeness (QED) is 0.256. The first-order valence-electron chi connectivity index (χ1n) is 22.2. The van der Waals surface area contributed by atoms with E-state index in [2.05, 4.69) is 74.5 Å². The van der Waals surface area contributed by atoms with Crippen molar-refractivity contribution < 1.29 is 0 Å². The molecule has 0 aliphatic heterocycles. The molecule has 3 aromatic carbocycles. The average Bonchev–Trinajstić information content (AvgIpc) is 3.73. The zero-order valence-electron chi connectivity index (χ0n) is 31.1. The minimum absolute atomic E-state index is 0.753. The molecule has 0 N–H and O–H groups in total. The van der Waals surface area contributed by atoms with Crippen LogP contribution in [0.15, 0.2) is 60.7 Å². The maximum absolute atomic E-state index is 2.65. The third-order valence-corrected chi connectivity index (χ3v) is 19.5. The molecule has 9 fully saturated rings. The van der Waals surface area contributed by atoms with Crippen LogP contribution in [0.5, 0.6) is 0 Å². The molecule has 0 bridgehead atoms. The van der Waals surface area contributed by atoms with Gasteiger partial charge in [-0.3, -0.25) is 0 Å². The fourth-order valence-electron chi connectivity index (χ4n) is 18.8. The maximum atomic E-state index is 2.65. The second-order valence-corrected chi connectivity index (χ2v) is 20.4. The van der Waals surface area contributed by atoms with Crippen molar-refractivity contribution in [2.75, 3.05) is 0 Å². The van der Waals surface area contributed by atoms with Crippen molar-refractivity contribution in [3.8, 4) is 0 Å². The van der Waals surface area contributed by atoms with Crippen LogP contribution in [0.4, 0.5) is 0 Å². The van der Waals surface area contributed by atoms with E-state index in [-0.39, 0.29) is 0 Å². The summed E-state index contributed by atoms with van der Waals surface area (Å²) in [6, 6.07) is 24.4. The van der Waals surface area contributed by atoms with E-state index in [0.29, 0.717) is 0 Å². The van der Waals surface area contributed by atoms with Crippen molar-refractivity contribution in [2.24, 2.45) is 94.7 Å². The van der Waals surface area contributed by atoms with Crippen LogP contribution in [0, 0.1) is 109 Å². The molecule has 50 heavy (non-hydrogen) atoms. The van der Waals surface area contributed by atoms with Gasteiger partial charge >= 0.3 is 0 Å². The highest BCUT2D eigenvalue weighted by Crippen LogP contribution is 2.77. The molecule has 0 heterocycles. The van der Waals surface area contributed by atoms with Crippen LogP contribution in [0.2, 0.25) is 0 Å². The van der Waals surface area contributed by atoms with Gasteiger partial charge in [0.25, 0.3) is 0 Å². The Morgan fingerprint density at radius 3 is 1.54 bits per heavy atom. The molecule has 0 heteroatoms. The first-order chi connectivity index (χ1) is 24.7. The van der Waals surface area contributed by atoms with Crippen molar-refractivity contribution in [3.63, 3.8) is 0 Å². The van der Waals surface area contributed by atoms with Gasteiger partial charge in [-0.05, 0) is 230 Å². The Labute approximate surface area is 303 Å². The Kier molecular flexibility index (Phi) is 6.82. The Morgan fingerprint density at radius 1 is 0.380 bits per heavy atom. The van der Waals surface area contributed by atoms with Crippen molar-refractivity contribution >= 4 is 10.8 Å². The van der Waals surface area contributed by atoms with E-state index in [9.17, 15) is 0 Å². The third kappa shape index (κ3) is 3.96. The normalized spacial score (nSPS) is 49.5. The molecule has 18 unspecified atom stereocenters. The molecular weight excluding hydrogens is 601 g/mol. The lowest BCUT2D eigenvalue weighted by atomic mass is 9.40. The summed E-state index contributed by atoms with van der Waals surface area (Å²) in [6.07, 6.45) is 21.8. The van der Waals surface area contributed by atoms with Gasteiger partial charge < -0.3 is 0 Å². The van der Waals surface area contributed by atoms with E-state index >= 15 is 0 Å². The third-order valence-electron chi connectivity index (χ3n) is 19.5. The van der Waals surface area contributed by atoms with Crippen LogP contribution >= 0.6 is 0 Å². The molecule has 9 aliphatic rings. The molecule has 0 nitrogen and oxygen atoms in total. The average molecular weight is 663 g/mol. The number of benzene rings is 3. The van der Waals surface area contributed by atoms with Gasteiger partial charge in [0.1, 0.15) is 0 Å². The SMILES string of the molecule is Cc1cccc(C)c1C1C2CCCCC2C(c2cccc3ccccc23)C2C3CCC4C5CCC6CCC7CCC(C8CCC(C3C84)C12)C5C76. The van der Waals surface area contributed by atoms with E-state index in [1.807, 2.05) is 5.56 Å². The summed E-state index contributed by atoms with van der Waals surface area (Å²) in [7, 11) is 0. The number of hydrogen-bond donors (Lipinski definition) is 0. The van der Waals surface area contributed by atoms with Gasteiger partial charge in [0, 0.05) is 0 Å². The van der Waals surface area contributed by atoms with Gasteiger partial charge in [0.2, 0.25) is 0 Å². The fraction of sp³-hybridized carbons (Fsp3) is 0.680. The topological polar surface area (TPSA) is 0 Å². The van der Waals surface area contributed by atoms with Crippen LogP contribution in [-0.2, 0) is 0 Å². The Bertz CT molecular complexity index is 1750. The second kappa shape index (κ2) is 11.2. The zero-order chi connectivity index (χ0) is 32.8. The van der Waals surface area contributed by atoms with Crippen LogP contribution in [-0.4, -0.2) is 0 Å². The number of rotatable bonds is 2. The number of aryl methyl sites for hydroxylation is 2. The molecule has 0 aromatic heterocycles. The van der Waals surface area contributed by atoms with Crippen molar-refractivity contribution in [1.82, 2.24) is 0 Å². The standard InChI is InChI=1S/C50H62/c1-27-9-7-10-28(2)42(27)48-35-15-6-5-14-34(35)46(33-16-8-12-29-11-3-4-13-32(29)33)49-40-25-23-38-36-21-19-30-17-18-31-20-22-37(44(36)43(30)31)39-24-26-41(50(48)49)47(40)45(38)39/h3-4,7-13,16,30-31,34-41,43-50H,5-6,14-15,17-26H2,1-2H3. The summed E-state index contributed by atoms with van der Waals surface area (Å²) in [5, 5.41) is 3.09. The lowest BCUT2D eigenvalue weighted by molar-refractivity contribution is -0.169. The summed E-state index contributed by atoms with van der Waals surface area (Å²) in [5.74, 6) is 17.8. The molecule has 12 rings (SSSR count). The predicted molar refractivity (Wildman–Crippen MR) is 206 cm³/mol. The van der Waals surface area contributed by atoms with Gasteiger partial charge in [0.05, 0.1) is 0 Å². The lowest BCUT2D eigenvalue weighted by Gasteiger charge is -2.65. The largest absolute Gasteiger partial charge is 0.0617 e. The molecular formula is C50H62. The molecule has 0 spiro atoms. The lowest BCUT2D eigenvalue weighted by Crippen LogP contribution is -2.59. The smallest absolute Gasteiger partial charge is 0.00905 e. The van der Waals surface area contributed by atoms with Crippen LogP contribution in [0.3, 0.4) is 0 Å². The van der Waals surface area contributed by atoms with Gasteiger partial charge in [-0.2, -0.15) is 0 Å². The second-order valence-electron chi connectivity index (χ2n) is 20.4. The highest BCUT2D eigenvalue weighted by molar-refractivity contribution is 5.86. The van der Waals surface area contributed by atoms with Gasteiger partial charge in [-0.15, -0.1) is 0 Å². The number of hydrogen-bond acceptors (Lipinski definition) is 0. The number of fused-ring (bicyclic) bond motifs is 7. The Morgan fingerprint density at radius 2 is 0.860 bits per heavy atom. The van der Waals surface area contributed by atoms with Gasteiger partial charge in [-0.1, -0.05) is 73.5 Å². The Hall–Kier alpha value is -2.08. The van der Waals surface area contributed by atoms with Crippen molar-refractivity contribution in [3.05, 3.63) is 82.9 Å². The van der Waals surface area contributed by atoms with Crippen LogP contribution < -0.4 is 0 Å². The molecule has 262 valence electrons. The van der Waals surface area contributed by atoms with E-state index < -0.39 is 0 Å². The first-order valence-corrected chi connectivity index (χ1v) is 22.2. The molecule has 0 amide bonds. The van der Waals surface area contributed by atoms with E-state index in [0.717, 1.165) is 107 Å². The summed E-state index contributed by atoms with van der Waals surface area (Å²) in [4.78, 5) is 0. The predicted octanol–water partition coefficient (Wildman–Crippen LogP) is 12.8. The van der Waals surface area contributed by atoms with Crippen LogP contribution in [0.1, 0.15) is 124 Å². The minimum atomic E-state index is 0.753. The summed E-state index contributed by atoms with van der Waals surface area (Å²) >= 11 is 0. The summed E-state index contributed by atoms with van der Waals surface area (Å²) < 4.78 is 0. The highest BCUT2D eigenvalue weighted by atomic mass is 14.7. The van der Waals surface area contributed by atoms with Crippen molar-refractivity contribution in [1.29, 1.82) is 0 Å². The first kappa shape index (κ1) is 30.4.